The molecule has 0 spiro atoms. The van der Waals surface area contributed by atoms with E-state index in [1.165, 1.54) is 0 Å². The van der Waals surface area contributed by atoms with Crippen molar-refractivity contribution >= 4 is 33.4 Å². The molecule has 0 aliphatic heterocycles. The molecule has 1 aromatic heterocycles. The molecule has 2 aromatic carbocycles. The quantitative estimate of drug-likeness (QED) is 0.442. The van der Waals surface area contributed by atoms with Crippen LogP contribution in [0.4, 0.5) is 5.69 Å². The maximum Gasteiger partial charge on any atom is 0.273 e. The number of nitrogens with one attached hydrogen (secondary N) is 2. The van der Waals surface area contributed by atoms with E-state index >= 15 is 0 Å². The summed E-state index contributed by atoms with van der Waals surface area (Å²) in [5.74, 6) is 1.10. The summed E-state index contributed by atoms with van der Waals surface area (Å²) in [6.07, 6.45) is 0.902. The highest BCUT2D eigenvalue weighted by molar-refractivity contribution is 9.10. The molecule has 0 radical (unpaired) electrons. The largest absolute Gasteiger partial charge is 0.486 e. The number of carbonyl (C=O) groups excluding carboxylic acids is 2. The normalized spacial score (nSPS) is 10.7. The van der Waals surface area contributed by atoms with Crippen LogP contribution in [0.2, 0.25) is 0 Å². The minimum Gasteiger partial charge on any atom is -0.486 e. The highest BCUT2D eigenvalue weighted by Crippen LogP contribution is 2.19. The van der Waals surface area contributed by atoms with Crippen LogP contribution in [-0.2, 0) is 6.61 Å². The molecule has 0 saturated heterocycles. The van der Waals surface area contributed by atoms with Gasteiger partial charge in [-0.1, -0.05) is 34.9 Å². The van der Waals surface area contributed by atoms with Crippen molar-refractivity contribution in [3.05, 3.63) is 76.1 Å². The van der Waals surface area contributed by atoms with Crippen molar-refractivity contribution in [2.75, 3.05) is 11.9 Å². The van der Waals surface area contributed by atoms with Gasteiger partial charge in [0.2, 0.25) is 0 Å². The monoisotopic (exact) mass is 485 g/mol. The van der Waals surface area contributed by atoms with Crippen molar-refractivity contribution in [2.45, 2.75) is 26.9 Å². The first-order valence-electron chi connectivity index (χ1n) is 9.94. The second-order valence-electron chi connectivity index (χ2n) is 7.39. The lowest BCUT2D eigenvalue weighted by molar-refractivity contribution is 0.0941. The molecule has 0 fully saturated rings. The third-order valence-electron chi connectivity index (χ3n) is 4.40. The average molecular weight is 486 g/mol. The molecule has 2 amide bonds. The molecule has 3 rings (SSSR count). The lowest BCUT2D eigenvalue weighted by atomic mass is 10.1. The zero-order chi connectivity index (χ0) is 22.2. The second-order valence-corrected chi connectivity index (χ2v) is 8.31. The van der Waals surface area contributed by atoms with Crippen molar-refractivity contribution in [1.82, 2.24) is 10.5 Å². The molecule has 3 aromatic rings. The van der Waals surface area contributed by atoms with E-state index in [1.807, 2.05) is 12.1 Å². The zero-order valence-electron chi connectivity index (χ0n) is 17.4. The number of carbonyl (C=O) groups is 2. The molecule has 0 aliphatic carbocycles. The maximum absolute atomic E-state index is 12.3. The number of amides is 2. The smallest absolute Gasteiger partial charge is 0.273 e. The summed E-state index contributed by atoms with van der Waals surface area (Å²) >= 11 is 3.35. The molecule has 0 aliphatic rings. The van der Waals surface area contributed by atoms with E-state index < -0.39 is 0 Å². The van der Waals surface area contributed by atoms with Crippen LogP contribution in [0, 0.1) is 5.92 Å². The Morgan fingerprint density at radius 3 is 2.45 bits per heavy atom. The van der Waals surface area contributed by atoms with Gasteiger partial charge in [0.25, 0.3) is 11.8 Å². The summed E-state index contributed by atoms with van der Waals surface area (Å²) in [5.41, 5.74) is 1.45. The van der Waals surface area contributed by atoms with Crippen LogP contribution in [0.1, 0.15) is 46.9 Å². The fourth-order valence-corrected chi connectivity index (χ4v) is 2.91. The standard InChI is InChI=1S/C23H24BrN3O4/c1-15(2)11-12-25-23(29)21-13-20(31-27-21)14-30-19-9-7-18(8-10-19)26-22(28)16-3-5-17(24)6-4-16/h3-10,13,15H,11-12,14H2,1-2H3,(H,25,29)(H,26,28). The predicted octanol–water partition coefficient (Wildman–Crippen LogP) is 5.04. The van der Waals surface area contributed by atoms with Gasteiger partial charge in [0.05, 0.1) is 0 Å². The molecular weight excluding hydrogens is 462 g/mol. The Morgan fingerprint density at radius 2 is 1.77 bits per heavy atom. The number of nitrogens with zero attached hydrogens (tertiary/aromatic N) is 1. The minimum atomic E-state index is -0.262. The summed E-state index contributed by atoms with van der Waals surface area (Å²) in [4.78, 5) is 24.3. The van der Waals surface area contributed by atoms with Gasteiger partial charge in [-0.3, -0.25) is 9.59 Å². The molecule has 0 unspecified atom stereocenters. The summed E-state index contributed by atoms with van der Waals surface area (Å²) in [6, 6.07) is 15.7. The molecule has 1 heterocycles. The Labute approximate surface area is 189 Å². The summed E-state index contributed by atoms with van der Waals surface area (Å²) in [5, 5.41) is 9.44. The van der Waals surface area contributed by atoms with Gasteiger partial charge in [-0.2, -0.15) is 0 Å². The van der Waals surface area contributed by atoms with Gasteiger partial charge in [-0.05, 0) is 60.9 Å². The number of benzene rings is 2. The molecular formula is C23H24BrN3O4. The molecule has 2 N–H and O–H groups in total. The lowest BCUT2D eigenvalue weighted by Crippen LogP contribution is -2.25. The number of ether oxygens (including phenoxy) is 1. The summed E-state index contributed by atoms with van der Waals surface area (Å²) in [7, 11) is 0. The minimum absolute atomic E-state index is 0.136. The van der Waals surface area contributed by atoms with E-state index in [0.29, 0.717) is 35.2 Å². The van der Waals surface area contributed by atoms with Gasteiger partial charge in [0.15, 0.2) is 11.5 Å². The molecule has 8 heteroatoms. The molecule has 0 saturated carbocycles. The van der Waals surface area contributed by atoms with Gasteiger partial charge in [0.1, 0.15) is 12.4 Å². The van der Waals surface area contributed by atoms with Crippen LogP contribution in [0.3, 0.4) is 0 Å². The van der Waals surface area contributed by atoms with Gasteiger partial charge >= 0.3 is 0 Å². The Balaban J connectivity index is 1.48. The van der Waals surface area contributed by atoms with E-state index in [9.17, 15) is 9.59 Å². The highest BCUT2D eigenvalue weighted by atomic mass is 79.9. The lowest BCUT2D eigenvalue weighted by Gasteiger charge is -2.07. The van der Waals surface area contributed by atoms with E-state index in [1.54, 1.807) is 42.5 Å². The number of halogens is 1. The average Bonchev–Trinajstić information content (AvgIpc) is 3.22. The zero-order valence-corrected chi connectivity index (χ0v) is 18.9. The van der Waals surface area contributed by atoms with E-state index in [2.05, 4.69) is 45.6 Å². The first-order valence-corrected chi connectivity index (χ1v) is 10.7. The molecule has 162 valence electrons. The number of hydrogen-bond donors (Lipinski definition) is 2. The van der Waals surface area contributed by atoms with Gasteiger partial charge in [-0.25, -0.2) is 0 Å². The van der Waals surface area contributed by atoms with Crippen LogP contribution < -0.4 is 15.4 Å². The van der Waals surface area contributed by atoms with E-state index in [0.717, 1.165) is 10.9 Å². The second kappa shape index (κ2) is 10.8. The van der Waals surface area contributed by atoms with Crippen molar-refractivity contribution < 1.29 is 18.8 Å². The van der Waals surface area contributed by atoms with Crippen molar-refractivity contribution in [1.29, 1.82) is 0 Å². The number of anilines is 1. The topological polar surface area (TPSA) is 93.5 Å². The Hall–Kier alpha value is -3.13. The van der Waals surface area contributed by atoms with Crippen LogP contribution in [0.15, 0.2) is 63.6 Å². The van der Waals surface area contributed by atoms with Crippen molar-refractivity contribution in [3.63, 3.8) is 0 Å². The van der Waals surface area contributed by atoms with Gasteiger partial charge < -0.3 is 19.9 Å². The van der Waals surface area contributed by atoms with Gasteiger partial charge in [0, 0.05) is 28.3 Å². The first-order chi connectivity index (χ1) is 14.9. The van der Waals surface area contributed by atoms with Gasteiger partial charge in [-0.15, -0.1) is 0 Å². The van der Waals surface area contributed by atoms with Crippen molar-refractivity contribution in [3.8, 4) is 5.75 Å². The molecule has 7 nitrogen and oxygen atoms in total. The predicted molar refractivity (Wildman–Crippen MR) is 121 cm³/mol. The van der Waals surface area contributed by atoms with Crippen LogP contribution in [0.5, 0.6) is 5.75 Å². The molecule has 0 atom stereocenters. The van der Waals surface area contributed by atoms with Crippen LogP contribution in [0.25, 0.3) is 0 Å². The Kier molecular flexibility index (Phi) is 7.83. The molecule has 31 heavy (non-hydrogen) atoms. The third-order valence-corrected chi connectivity index (χ3v) is 4.93. The third kappa shape index (κ3) is 6.96. The fraction of sp³-hybridized carbons (Fsp3) is 0.261. The molecule has 0 bridgehead atoms. The number of rotatable bonds is 9. The van der Waals surface area contributed by atoms with E-state index in [4.69, 9.17) is 9.26 Å². The number of hydrogen-bond acceptors (Lipinski definition) is 5. The van der Waals surface area contributed by atoms with Crippen LogP contribution >= 0.6 is 15.9 Å². The Bertz CT molecular complexity index is 1010. The Morgan fingerprint density at radius 1 is 1.06 bits per heavy atom. The van der Waals surface area contributed by atoms with Crippen LogP contribution in [-0.4, -0.2) is 23.5 Å². The van der Waals surface area contributed by atoms with E-state index in [-0.39, 0.29) is 24.1 Å². The fourth-order valence-electron chi connectivity index (χ4n) is 2.65. The SMILES string of the molecule is CC(C)CCNC(=O)c1cc(COc2ccc(NC(=O)c3ccc(Br)cc3)cc2)on1. The highest BCUT2D eigenvalue weighted by Gasteiger charge is 2.13. The number of aromatic nitrogens is 1. The summed E-state index contributed by atoms with van der Waals surface area (Å²) in [6.45, 7) is 4.93. The first kappa shape index (κ1) is 22.6. The maximum atomic E-state index is 12.3. The summed E-state index contributed by atoms with van der Waals surface area (Å²) < 4.78 is 11.8. The van der Waals surface area contributed by atoms with Crippen molar-refractivity contribution in [2.24, 2.45) is 5.92 Å².